The first-order chi connectivity index (χ1) is 7.50. The zero-order valence-corrected chi connectivity index (χ0v) is 8.94. The average molecular weight is 241 g/mol. The summed E-state index contributed by atoms with van der Waals surface area (Å²) >= 11 is 5.78. The normalized spacial score (nSPS) is 22.9. The highest BCUT2D eigenvalue weighted by molar-refractivity contribution is 6.34. The number of fused-ring (bicyclic) bond motifs is 1. The molecule has 1 aliphatic rings. The molecule has 0 saturated heterocycles. The zero-order chi connectivity index (χ0) is 11.9. The van der Waals surface area contributed by atoms with E-state index >= 15 is 0 Å². The van der Waals surface area contributed by atoms with Crippen LogP contribution in [0.3, 0.4) is 0 Å². The van der Waals surface area contributed by atoms with Gasteiger partial charge in [0, 0.05) is 5.02 Å². The molecule has 4 nitrogen and oxygen atoms in total. The lowest BCUT2D eigenvalue weighted by Crippen LogP contribution is -2.26. The highest BCUT2D eigenvalue weighted by Crippen LogP contribution is 2.37. The molecular weight excluding hydrogens is 232 g/mol. The molecule has 2 rings (SSSR count). The van der Waals surface area contributed by atoms with Crippen molar-refractivity contribution in [3.8, 4) is 0 Å². The zero-order valence-electron chi connectivity index (χ0n) is 8.18. The summed E-state index contributed by atoms with van der Waals surface area (Å²) in [5, 5.41) is 18.9. The van der Waals surface area contributed by atoms with Crippen molar-refractivity contribution in [1.29, 1.82) is 0 Å². The first kappa shape index (κ1) is 11.1. The minimum atomic E-state index is -1.51. The predicted octanol–water partition coefficient (Wildman–Crippen LogP) is 1.20. The molecule has 2 atom stereocenters. The number of hydrogen-bond acceptors (Lipinski definition) is 3. The van der Waals surface area contributed by atoms with Crippen molar-refractivity contribution >= 4 is 23.4 Å². The quantitative estimate of drug-likeness (QED) is 0.762. The van der Waals surface area contributed by atoms with Crippen molar-refractivity contribution in [3.05, 3.63) is 34.3 Å². The van der Waals surface area contributed by atoms with Crippen LogP contribution in [0.1, 0.15) is 17.2 Å². The van der Waals surface area contributed by atoms with E-state index in [1.807, 2.05) is 0 Å². The van der Waals surface area contributed by atoms with E-state index in [2.05, 4.69) is 0 Å². The molecule has 0 spiro atoms. The van der Waals surface area contributed by atoms with E-state index in [-0.39, 0.29) is 6.42 Å². The second-order valence-electron chi connectivity index (χ2n) is 3.77. The number of carboxylic acids is 1. The van der Waals surface area contributed by atoms with Crippen LogP contribution in [0.2, 0.25) is 5.02 Å². The molecule has 1 aromatic rings. The van der Waals surface area contributed by atoms with E-state index in [4.69, 9.17) is 16.7 Å². The number of carbonyl (C=O) groups is 2. The summed E-state index contributed by atoms with van der Waals surface area (Å²) in [5.41, 5.74) is 1.32. The Balaban J connectivity index is 2.34. The number of hydrogen-bond donors (Lipinski definition) is 2. The number of aliphatic carboxylic acids is 1. The van der Waals surface area contributed by atoms with Crippen molar-refractivity contribution in [3.63, 3.8) is 0 Å². The number of carboxylic acid groups (broad SMARTS) is 1. The Labute approximate surface area is 96.5 Å². The van der Waals surface area contributed by atoms with Gasteiger partial charge in [0.05, 0.1) is 12.0 Å². The molecule has 0 heterocycles. The van der Waals surface area contributed by atoms with Crippen molar-refractivity contribution in [2.45, 2.75) is 12.5 Å². The number of aliphatic hydroxyl groups is 1. The van der Waals surface area contributed by atoms with Crippen LogP contribution in [0.5, 0.6) is 0 Å². The first-order valence-corrected chi connectivity index (χ1v) is 5.12. The Hall–Kier alpha value is -1.39. The van der Waals surface area contributed by atoms with E-state index < -0.39 is 23.8 Å². The Bertz CT molecular complexity index is 469. The van der Waals surface area contributed by atoms with Gasteiger partial charge in [0.15, 0.2) is 0 Å². The number of ketones is 1. The van der Waals surface area contributed by atoms with Crippen LogP contribution >= 0.6 is 11.6 Å². The Morgan fingerprint density at radius 2 is 2.06 bits per heavy atom. The second-order valence-corrected chi connectivity index (χ2v) is 4.20. The van der Waals surface area contributed by atoms with Gasteiger partial charge >= 0.3 is 5.97 Å². The molecule has 5 heteroatoms. The van der Waals surface area contributed by atoms with Crippen molar-refractivity contribution in [1.82, 2.24) is 0 Å². The standard InChI is InChI=1S/C11H9ClO4/c12-6-1-2-7-5(3-6)4-8(9(7)13)10(14)11(15)16/h1-3,8-9,13H,4H2,(H,15,16). The van der Waals surface area contributed by atoms with Crippen LogP contribution in [-0.4, -0.2) is 22.0 Å². The summed E-state index contributed by atoms with van der Waals surface area (Å²) in [6, 6.07) is 4.88. The SMILES string of the molecule is O=C(O)C(=O)C1Cc2cc(Cl)ccc2C1O. The van der Waals surface area contributed by atoms with Gasteiger partial charge in [0.1, 0.15) is 0 Å². The summed E-state index contributed by atoms with van der Waals surface area (Å²) in [5.74, 6) is -3.37. The molecule has 1 aliphatic carbocycles. The topological polar surface area (TPSA) is 74.6 Å². The fourth-order valence-corrected chi connectivity index (χ4v) is 2.19. The van der Waals surface area contributed by atoms with Crippen LogP contribution in [0, 0.1) is 5.92 Å². The summed E-state index contributed by atoms with van der Waals surface area (Å²) in [4.78, 5) is 21.9. The Morgan fingerprint density at radius 3 is 2.69 bits per heavy atom. The van der Waals surface area contributed by atoms with Gasteiger partial charge in [-0.3, -0.25) is 4.79 Å². The lowest BCUT2D eigenvalue weighted by Gasteiger charge is -2.10. The van der Waals surface area contributed by atoms with E-state index in [1.54, 1.807) is 18.2 Å². The molecule has 0 fully saturated rings. The van der Waals surface area contributed by atoms with Crippen molar-refractivity contribution in [2.75, 3.05) is 0 Å². The third-order valence-corrected chi connectivity index (χ3v) is 3.03. The van der Waals surface area contributed by atoms with Gasteiger partial charge in [-0.15, -0.1) is 0 Å². The Kier molecular flexibility index (Phi) is 2.69. The largest absolute Gasteiger partial charge is 0.475 e. The average Bonchev–Trinajstić information content (AvgIpc) is 2.54. The maximum Gasteiger partial charge on any atom is 0.372 e. The fourth-order valence-electron chi connectivity index (χ4n) is 2.00. The van der Waals surface area contributed by atoms with E-state index in [0.29, 0.717) is 10.6 Å². The second kappa shape index (κ2) is 3.88. The maximum absolute atomic E-state index is 11.3. The molecule has 0 aliphatic heterocycles. The first-order valence-electron chi connectivity index (χ1n) is 4.74. The number of benzene rings is 1. The highest BCUT2D eigenvalue weighted by atomic mass is 35.5. The lowest BCUT2D eigenvalue weighted by atomic mass is 9.98. The molecular formula is C11H9ClO4. The minimum Gasteiger partial charge on any atom is -0.475 e. The van der Waals surface area contributed by atoms with Gasteiger partial charge < -0.3 is 10.2 Å². The molecule has 0 amide bonds. The summed E-state index contributed by atoms with van der Waals surface area (Å²) in [7, 11) is 0. The van der Waals surface area contributed by atoms with E-state index in [1.165, 1.54) is 0 Å². The molecule has 2 N–H and O–H groups in total. The molecule has 0 bridgehead atoms. The van der Waals surface area contributed by atoms with Gasteiger partial charge in [-0.1, -0.05) is 17.7 Å². The maximum atomic E-state index is 11.3. The molecule has 1 aromatic carbocycles. The third-order valence-electron chi connectivity index (χ3n) is 2.79. The van der Waals surface area contributed by atoms with Crippen LogP contribution in [0.4, 0.5) is 0 Å². The third kappa shape index (κ3) is 1.70. The molecule has 84 valence electrons. The number of Topliss-reactive ketones (excluding diaryl/α,β-unsaturated/α-hetero) is 1. The molecule has 0 saturated carbocycles. The van der Waals surface area contributed by atoms with Crippen LogP contribution in [0.15, 0.2) is 18.2 Å². The number of carbonyl (C=O) groups excluding carboxylic acids is 1. The summed E-state index contributed by atoms with van der Waals surface area (Å²) in [6.45, 7) is 0. The van der Waals surface area contributed by atoms with Crippen LogP contribution in [-0.2, 0) is 16.0 Å². The molecule has 0 aromatic heterocycles. The van der Waals surface area contributed by atoms with Crippen molar-refractivity contribution in [2.24, 2.45) is 5.92 Å². The summed E-state index contributed by atoms with van der Waals surface area (Å²) in [6.07, 6.45) is -0.821. The fraction of sp³-hybridized carbons (Fsp3) is 0.273. The smallest absolute Gasteiger partial charge is 0.372 e. The van der Waals surface area contributed by atoms with Crippen LogP contribution < -0.4 is 0 Å². The number of rotatable bonds is 2. The van der Waals surface area contributed by atoms with Gasteiger partial charge in [-0.2, -0.15) is 0 Å². The van der Waals surface area contributed by atoms with Crippen LogP contribution in [0.25, 0.3) is 0 Å². The highest BCUT2D eigenvalue weighted by Gasteiger charge is 2.38. The predicted molar refractivity (Wildman–Crippen MR) is 56.2 cm³/mol. The molecule has 16 heavy (non-hydrogen) atoms. The monoisotopic (exact) mass is 240 g/mol. The van der Waals surface area contributed by atoms with Gasteiger partial charge in [0.25, 0.3) is 0 Å². The minimum absolute atomic E-state index is 0.224. The summed E-state index contributed by atoms with van der Waals surface area (Å²) < 4.78 is 0. The molecule has 2 unspecified atom stereocenters. The molecule has 0 radical (unpaired) electrons. The van der Waals surface area contributed by atoms with Gasteiger partial charge in [-0.05, 0) is 29.7 Å². The van der Waals surface area contributed by atoms with Gasteiger partial charge in [-0.25, -0.2) is 4.79 Å². The Morgan fingerprint density at radius 1 is 1.38 bits per heavy atom. The van der Waals surface area contributed by atoms with E-state index in [9.17, 15) is 14.7 Å². The van der Waals surface area contributed by atoms with Gasteiger partial charge in [0.2, 0.25) is 5.78 Å². The van der Waals surface area contributed by atoms with Crippen molar-refractivity contribution < 1.29 is 19.8 Å². The number of halogens is 1. The lowest BCUT2D eigenvalue weighted by molar-refractivity contribution is -0.152. The van der Waals surface area contributed by atoms with E-state index in [0.717, 1.165) is 5.56 Å². The number of aliphatic hydroxyl groups excluding tert-OH is 1.